The SMILES string of the molecule is COc1ccc(C(OC[C@@H]2O[C@H](n3ccc(=O)[nH]c3=O)C(OCCC#N)C2O)(c2ccccc2)c2ccc(OC)cc2)cc1. The van der Waals surface area contributed by atoms with E-state index in [1.807, 2.05) is 84.9 Å². The van der Waals surface area contributed by atoms with Gasteiger partial charge in [-0.05, 0) is 41.0 Å². The second-order valence-electron chi connectivity index (χ2n) is 10.1. The average Bonchev–Trinajstić information content (AvgIpc) is 3.36. The Bertz CT molecular complexity index is 1630. The Hall–Kier alpha value is -4.73. The van der Waals surface area contributed by atoms with Gasteiger partial charge in [0, 0.05) is 12.3 Å². The lowest BCUT2D eigenvalue weighted by Crippen LogP contribution is -2.41. The topological polar surface area (TPSA) is 145 Å². The number of aromatic amines is 1. The number of aromatic nitrogens is 2. The van der Waals surface area contributed by atoms with Crippen LogP contribution in [0.3, 0.4) is 0 Å². The molecular formula is C33H33N3O8. The van der Waals surface area contributed by atoms with Gasteiger partial charge >= 0.3 is 5.69 Å². The minimum atomic E-state index is -1.24. The van der Waals surface area contributed by atoms with Gasteiger partial charge in [0.1, 0.15) is 35.4 Å². The number of ether oxygens (including phenoxy) is 5. The van der Waals surface area contributed by atoms with E-state index >= 15 is 0 Å². The van der Waals surface area contributed by atoms with Crippen LogP contribution in [0.4, 0.5) is 0 Å². The second kappa shape index (κ2) is 13.7. The molecule has 44 heavy (non-hydrogen) atoms. The van der Waals surface area contributed by atoms with Crippen LogP contribution in [-0.4, -0.2) is 60.4 Å². The molecule has 0 aliphatic carbocycles. The van der Waals surface area contributed by atoms with Crippen LogP contribution < -0.4 is 20.7 Å². The lowest BCUT2D eigenvalue weighted by molar-refractivity contribution is -0.0980. The number of H-pyrrole nitrogens is 1. The molecule has 0 bridgehead atoms. The molecule has 1 fully saturated rings. The van der Waals surface area contributed by atoms with Crippen molar-refractivity contribution in [2.24, 2.45) is 0 Å². The fraction of sp³-hybridized carbons (Fsp3) is 0.303. The summed E-state index contributed by atoms with van der Waals surface area (Å²) in [7, 11) is 3.19. The average molecular weight is 600 g/mol. The van der Waals surface area contributed by atoms with Crippen LogP contribution in [-0.2, 0) is 19.8 Å². The first-order valence-electron chi connectivity index (χ1n) is 14.0. The maximum Gasteiger partial charge on any atom is 0.330 e. The van der Waals surface area contributed by atoms with Crippen molar-refractivity contribution in [3.8, 4) is 17.6 Å². The molecule has 5 rings (SSSR count). The molecule has 4 atom stereocenters. The van der Waals surface area contributed by atoms with Gasteiger partial charge in [0.25, 0.3) is 5.56 Å². The van der Waals surface area contributed by atoms with Crippen molar-refractivity contribution < 1.29 is 28.8 Å². The van der Waals surface area contributed by atoms with Gasteiger partial charge in [-0.2, -0.15) is 5.26 Å². The van der Waals surface area contributed by atoms with E-state index in [0.717, 1.165) is 21.3 Å². The van der Waals surface area contributed by atoms with Crippen molar-refractivity contribution in [1.82, 2.24) is 9.55 Å². The smallest absolute Gasteiger partial charge is 0.330 e. The Kier molecular flexibility index (Phi) is 9.57. The van der Waals surface area contributed by atoms with Gasteiger partial charge < -0.3 is 28.8 Å². The molecule has 4 aromatic rings. The molecule has 0 spiro atoms. The highest BCUT2D eigenvalue weighted by Gasteiger charge is 2.48. The summed E-state index contributed by atoms with van der Waals surface area (Å²) in [5.74, 6) is 1.35. The maximum absolute atomic E-state index is 12.7. The van der Waals surface area contributed by atoms with Crippen molar-refractivity contribution >= 4 is 0 Å². The molecule has 11 heteroatoms. The second-order valence-corrected chi connectivity index (χ2v) is 10.1. The molecule has 1 aliphatic rings. The first-order chi connectivity index (χ1) is 21.4. The fourth-order valence-electron chi connectivity index (χ4n) is 5.41. The molecular weight excluding hydrogens is 566 g/mol. The van der Waals surface area contributed by atoms with Crippen LogP contribution in [0.1, 0.15) is 29.3 Å². The first-order valence-corrected chi connectivity index (χ1v) is 14.0. The summed E-state index contributed by atoms with van der Waals surface area (Å²) >= 11 is 0. The Morgan fingerprint density at radius 1 is 0.909 bits per heavy atom. The molecule has 228 valence electrons. The number of hydrogen-bond acceptors (Lipinski definition) is 9. The van der Waals surface area contributed by atoms with Crippen LogP contribution in [0, 0.1) is 11.3 Å². The number of aliphatic hydroxyl groups excluding tert-OH is 1. The maximum atomic E-state index is 12.7. The van der Waals surface area contributed by atoms with Crippen molar-refractivity contribution in [2.75, 3.05) is 27.4 Å². The number of benzene rings is 3. The van der Waals surface area contributed by atoms with Crippen LogP contribution in [0.5, 0.6) is 11.5 Å². The third-order valence-electron chi connectivity index (χ3n) is 7.60. The third kappa shape index (κ3) is 6.15. The summed E-state index contributed by atoms with van der Waals surface area (Å²) in [6, 6.07) is 27.9. The molecule has 1 saturated heterocycles. The number of aliphatic hydroxyl groups is 1. The van der Waals surface area contributed by atoms with E-state index in [1.54, 1.807) is 14.2 Å². The lowest BCUT2D eigenvalue weighted by Gasteiger charge is -2.37. The van der Waals surface area contributed by atoms with Crippen molar-refractivity contribution in [2.45, 2.75) is 36.6 Å². The predicted octanol–water partition coefficient (Wildman–Crippen LogP) is 3.12. The Morgan fingerprint density at radius 3 is 2.05 bits per heavy atom. The quantitative estimate of drug-likeness (QED) is 0.185. The Balaban J connectivity index is 1.56. The number of rotatable bonds is 12. The van der Waals surface area contributed by atoms with Gasteiger partial charge in [-0.15, -0.1) is 0 Å². The zero-order valence-electron chi connectivity index (χ0n) is 24.3. The normalized spacial score (nSPS) is 19.8. The fourth-order valence-corrected chi connectivity index (χ4v) is 5.41. The van der Waals surface area contributed by atoms with E-state index in [1.165, 1.54) is 12.3 Å². The van der Waals surface area contributed by atoms with Crippen molar-refractivity contribution in [1.29, 1.82) is 5.26 Å². The minimum absolute atomic E-state index is 0.00934. The minimum Gasteiger partial charge on any atom is -0.497 e. The predicted molar refractivity (Wildman–Crippen MR) is 159 cm³/mol. The number of methoxy groups -OCH3 is 2. The van der Waals surface area contributed by atoms with Gasteiger partial charge in [-0.1, -0.05) is 54.6 Å². The van der Waals surface area contributed by atoms with Gasteiger partial charge in [-0.25, -0.2) is 4.79 Å². The van der Waals surface area contributed by atoms with Crippen molar-refractivity contribution in [3.63, 3.8) is 0 Å². The molecule has 2 N–H and O–H groups in total. The van der Waals surface area contributed by atoms with Crippen LogP contribution in [0.25, 0.3) is 0 Å². The summed E-state index contributed by atoms with van der Waals surface area (Å²) in [6.45, 7) is -0.115. The molecule has 2 heterocycles. The Morgan fingerprint density at radius 2 is 1.50 bits per heavy atom. The number of nitrogens with zero attached hydrogens (tertiary/aromatic N) is 2. The molecule has 0 saturated carbocycles. The van der Waals surface area contributed by atoms with Gasteiger partial charge in [0.15, 0.2) is 6.23 Å². The monoisotopic (exact) mass is 599 g/mol. The highest BCUT2D eigenvalue weighted by molar-refractivity contribution is 5.49. The lowest BCUT2D eigenvalue weighted by atomic mass is 9.80. The highest BCUT2D eigenvalue weighted by atomic mass is 16.6. The summed E-state index contributed by atoms with van der Waals surface area (Å²) in [6.07, 6.45) is -2.94. The first kappa shape index (κ1) is 30.7. The van der Waals surface area contributed by atoms with E-state index in [0.29, 0.717) is 11.5 Å². The van der Waals surface area contributed by atoms with Crippen LogP contribution in [0.2, 0.25) is 0 Å². The molecule has 1 aliphatic heterocycles. The Labute approximate surface area is 253 Å². The summed E-state index contributed by atoms with van der Waals surface area (Å²) in [5.41, 5.74) is -0.0706. The molecule has 1 aromatic heterocycles. The summed E-state index contributed by atoms with van der Waals surface area (Å²) in [5, 5.41) is 20.5. The largest absolute Gasteiger partial charge is 0.497 e. The van der Waals surface area contributed by atoms with Crippen LogP contribution >= 0.6 is 0 Å². The van der Waals surface area contributed by atoms with E-state index in [2.05, 4.69) is 4.98 Å². The highest BCUT2D eigenvalue weighted by Crippen LogP contribution is 2.43. The van der Waals surface area contributed by atoms with E-state index in [4.69, 9.17) is 28.9 Å². The molecule has 0 amide bonds. The van der Waals surface area contributed by atoms with Gasteiger partial charge in [-0.3, -0.25) is 14.3 Å². The number of nitrogens with one attached hydrogen (secondary N) is 1. The summed E-state index contributed by atoms with van der Waals surface area (Å²) < 4.78 is 30.9. The van der Waals surface area contributed by atoms with Gasteiger partial charge in [0.05, 0.1) is 39.9 Å². The third-order valence-corrected chi connectivity index (χ3v) is 7.60. The van der Waals surface area contributed by atoms with E-state index in [9.17, 15) is 14.7 Å². The molecule has 0 radical (unpaired) electrons. The number of nitriles is 1. The molecule has 3 aromatic carbocycles. The molecule has 2 unspecified atom stereocenters. The van der Waals surface area contributed by atoms with E-state index in [-0.39, 0.29) is 19.6 Å². The molecule has 11 nitrogen and oxygen atoms in total. The number of hydrogen-bond donors (Lipinski definition) is 2. The zero-order chi connectivity index (χ0) is 31.1. The van der Waals surface area contributed by atoms with E-state index < -0.39 is 41.4 Å². The van der Waals surface area contributed by atoms with Crippen LogP contribution in [0.15, 0.2) is 101 Å². The zero-order valence-corrected chi connectivity index (χ0v) is 24.3. The van der Waals surface area contributed by atoms with Gasteiger partial charge in [0.2, 0.25) is 0 Å². The standard InChI is InChI=1S/C33H33N3O8/c1-40-25-13-9-23(10-14-25)33(22-7-4-3-5-8-22,24-11-15-26(41-2)16-12-24)43-21-27-29(38)30(42-20-6-18-34)31(44-27)36-19-17-28(37)35-32(36)39/h3-5,7-17,19,27,29-31,38H,6,20-21H2,1-2H3,(H,35,37,39)/t27-,29?,30?,31-/m0/s1. The van der Waals surface area contributed by atoms with Crippen molar-refractivity contribution in [3.05, 3.63) is 129 Å². The summed E-state index contributed by atoms with van der Waals surface area (Å²) in [4.78, 5) is 26.6.